The van der Waals surface area contributed by atoms with Crippen LogP contribution >= 0.6 is 0 Å². The fourth-order valence-corrected chi connectivity index (χ4v) is 6.88. The van der Waals surface area contributed by atoms with E-state index in [0.717, 1.165) is 32.1 Å². The lowest BCUT2D eigenvalue weighted by Gasteiger charge is -2.45. The number of halogens is 4. The van der Waals surface area contributed by atoms with Crippen molar-refractivity contribution in [2.75, 3.05) is 0 Å². The van der Waals surface area contributed by atoms with E-state index in [9.17, 15) is 30.8 Å². The van der Waals surface area contributed by atoms with Crippen molar-refractivity contribution in [2.45, 2.75) is 93.0 Å². The van der Waals surface area contributed by atoms with Crippen LogP contribution in [-0.2, 0) is 20.8 Å². The summed E-state index contributed by atoms with van der Waals surface area (Å²) < 4.78 is 77.8. The van der Waals surface area contributed by atoms with E-state index in [1.54, 1.807) is 0 Å². The summed E-state index contributed by atoms with van der Waals surface area (Å²) in [5.74, 6) is -1.46. The Morgan fingerprint density at radius 3 is 2.25 bits per heavy atom. The van der Waals surface area contributed by atoms with Crippen LogP contribution in [0.2, 0.25) is 0 Å². The molecule has 1 aromatic rings. The molecule has 0 heterocycles. The molecule has 0 aliphatic heterocycles. The number of carbonyl (C=O) groups excluding carboxylic acids is 1. The summed E-state index contributed by atoms with van der Waals surface area (Å²) in [5.41, 5.74) is 4.59. The normalized spacial score (nSPS) is 24.1. The number of alkyl halides is 3. The van der Waals surface area contributed by atoms with Gasteiger partial charge in [-0.05, 0) is 69.6 Å². The van der Waals surface area contributed by atoms with Gasteiger partial charge in [0.2, 0.25) is 0 Å². The molecular weight excluding hydrogens is 446 g/mol. The second kappa shape index (κ2) is 8.70. The lowest BCUT2D eigenvalue weighted by molar-refractivity contribution is -0.138. The standard InChI is InChI=1S/C23H31F4NO3S/c1-21(2,32(30,31)20-12-17(23(25,26)27)11-18(24)13-20)16-8-15(9-16)10-19(29)14-22(28)6-4-3-5-7-22/h11-13,15-16H,3-10,14,28H2,1-2H3. The Balaban J connectivity index is 1.65. The Labute approximate surface area is 186 Å². The summed E-state index contributed by atoms with van der Waals surface area (Å²) in [6.07, 6.45) is 1.65. The summed E-state index contributed by atoms with van der Waals surface area (Å²) in [6, 6.07) is 1.41. The second-order valence-corrected chi connectivity index (χ2v) is 12.7. The van der Waals surface area contributed by atoms with E-state index < -0.39 is 42.6 Å². The van der Waals surface area contributed by atoms with Crippen LogP contribution in [0.3, 0.4) is 0 Å². The molecule has 0 radical (unpaired) electrons. The molecule has 9 heteroatoms. The molecule has 32 heavy (non-hydrogen) atoms. The molecule has 0 amide bonds. The molecule has 1 aromatic carbocycles. The van der Waals surface area contributed by atoms with Crippen LogP contribution in [0, 0.1) is 17.7 Å². The van der Waals surface area contributed by atoms with Crippen molar-refractivity contribution in [3.8, 4) is 0 Å². The smallest absolute Gasteiger partial charge is 0.325 e. The fourth-order valence-electron chi connectivity index (χ4n) is 5.09. The maximum absolute atomic E-state index is 13.8. The molecule has 0 atom stereocenters. The average molecular weight is 478 g/mol. The Hall–Kier alpha value is -1.48. The molecule has 3 rings (SSSR count). The van der Waals surface area contributed by atoms with Crippen molar-refractivity contribution >= 4 is 15.6 Å². The molecule has 0 saturated heterocycles. The lowest BCUT2D eigenvalue weighted by atomic mass is 9.66. The predicted octanol–water partition coefficient (Wildman–Crippen LogP) is 5.43. The summed E-state index contributed by atoms with van der Waals surface area (Å²) in [4.78, 5) is 11.8. The number of sulfone groups is 1. The molecule has 0 bridgehead atoms. The van der Waals surface area contributed by atoms with Crippen molar-refractivity contribution in [1.82, 2.24) is 0 Å². The Bertz CT molecular complexity index is 960. The van der Waals surface area contributed by atoms with Gasteiger partial charge in [-0.15, -0.1) is 0 Å². The topological polar surface area (TPSA) is 77.2 Å². The Morgan fingerprint density at radius 2 is 1.69 bits per heavy atom. The molecule has 180 valence electrons. The Kier molecular flexibility index (Phi) is 6.84. The molecule has 0 aromatic heterocycles. The minimum Gasteiger partial charge on any atom is -0.325 e. The van der Waals surface area contributed by atoms with Crippen molar-refractivity contribution in [1.29, 1.82) is 0 Å². The quantitative estimate of drug-likeness (QED) is 0.531. The van der Waals surface area contributed by atoms with E-state index in [-0.39, 0.29) is 23.7 Å². The number of hydrogen-bond acceptors (Lipinski definition) is 4. The van der Waals surface area contributed by atoms with Gasteiger partial charge in [0.1, 0.15) is 11.6 Å². The van der Waals surface area contributed by atoms with Crippen molar-refractivity contribution < 1.29 is 30.8 Å². The maximum atomic E-state index is 13.8. The predicted molar refractivity (Wildman–Crippen MR) is 113 cm³/mol. The van der Waals surface area contributed by atoms with Crippen LogP contribution in [-0.4, -0.2) is 24.5 Å². The first kappa shape index (κ1) is 25.1. The van der Waals surface area contributed by atoms with Crippen LogP contribution in [0.5, 0.6) is 0 Å². The van der Waals surface area contributed by atoms with Crippen LogP contribution < -0.4 is 5.73 Å². The average Bonchev–Trinajstić information content (AvgIpc) is 2.63. The first-order chi connectivity index (χ1) is 14.6. The summed E-state index contributed by atoms with van der Waals surface area (Å²) in [7, 11) is -4.23. The number of hydrogen-bond donors (Lipinski definition) is 1. The summed E-state index contributed by atoms with van der Waals surface area (Å²) in [6.45, 7) is 2.92. The van der Waals surface area contributed by atoms with Gasteiger partial charge in [0, 0.05) is 18.4 Å². The molecule has 0 unspecified atom stereocenters. The minimum absolute atomic E-state index is 0.0346. The van der Waals surface area contributed by atoms with Crippen molar-refractivity contribution in [3.05, 3.63) is 29.6 Å². The fraction of sp³-hybridized carbons (Fsp3) is 0.696. The first-order valence-corrected chi connectivity index (χ1v) is 12.6. The number of Topliss-reactive ketones (excluding diaryl/α,β-unsaturated/α-hetero) is 1. The SMILES string of the molecule is CC(C)(C1CC(CC(=O)CC2(N)CCCCC2)C1)S(=O)(=O)c1cc(F)cc(C(F)(F)F)c1. The molecular formula is C23H31F4NO3S. The van der Waals surface area contributed by atoms with Gasteiger partial charge in [-0.3, -0.25) is 4.79 Å². The number of nitrogens with two attached hydrogens (primary N) is 1. The number of rotatable bonds is 7. The molecule has 2 aliphatic rings. The molecule has 2 N–H and O–H groups in total. The lowest BCUT2D eigenvalue weighted by Crippen LogP contribution is -2.47. The second-order valence-electron chi connectivity index (χ2n) is 10.2. The minimum atomic E-state index is -4.85. The molecule has 2 aliphatic carbocycles. The zero-order chi connectivity index (χ0) is 23.9. The van der Waals surface area contributed by atoms with Gasteiger partial charge in [0.25, 0.3) is 0 Å². The van der Waals surface area contributed by atoms with Gasteiger partial charge in [-0.25, -0.2) is 12.8 Å². The van der Waals surface area contributed by atoms with E-state index in [1.165, 1.54) is 13.8 Å². The van der Waals surface area contributed by atoms with Crippen molar-refractivity contribution in [2.24, 2.45) is 17.6 Å². The third-order valence-corrected chi connectivity index (χ3v) is 9.91. The van der Waals surface area contributed by atoms with Crippen LogP contribution in [0.15, 0.2) is 23.1 Å². The molecule has 4 nitrogen and oxygen atoms in total. The summed E-state index contributed by atoms with van der Waals surface area (Å²) >= 11 is 0. The highest BCUT2D eigenvalue weighted by Crippen LogP contribution is 2.48. The largest absolute Gasteiger partial charge is 0.416 e. The van der Waals surface area contributed by atoms with E-state index in [4.69, 9.17) is 5.73 Å². The highest BCUT2D eigenvalue weighted by Gasteiger charge is 2.49. The number of carbonyl (C=O) groups is 1. The first-order valence-electron chi connectivity index (χ1n) is 11.1. The van der Waals surface area contributed by atoms with Gasteiger partial charge < -0.3 is 5.73 Å². The zero-order valence-corrected chi connectivity index (χ0v) is 19.3. The molecule has 2 fully saturated rings. The highest BCUT2D eigenvalue weighted by molar-refractivity contribution is 7.92. The van der Waals surface area contributed by atoms with E-state index >= 15 is 0 Å². The third kappa shape index (κ3) is 5.19. The van der Waals surface area contributed by atoms with E-state index in [2.05, 4.69) is 0 Å². The number of benzene rings is 1. The van der Waals surface area contributed by atoms with Gasteiger partial charge >= 0.3 is 6.18 Å². The van der Waals surface area contributed by atoms with Gasteiger partial charge in [0.05, 0.1) is 15.2 Å². The van der Waals surface area contributed by atoms with Crippen LogP contribution in [0.25, 0.3) is 0 Å². The third-order valence-electron chi connectivity index (χ3n) is 7.34. The molecule has 2 saturated carbocycles. The number of ketones is 1. The van der Waals surface area contributed by atoms with Gasteiger partial charge in [-0.2, -0.15) is 13.2 Å². The van der Waals surface area contributed by atoms with Gasteiger partial charge in [-0.1, -0.05) is 19.3 Å². The van der Waals surface area contributed by atoms with E-state index in [1.807, 2.05) is 0 Å². The maximum Gasteiger partial charge on any atom is 0.416 e. The van der Waals surface area contributed by atoms with Crippen LogP contribution in [0.1, 0.15) is 77.2 Å². The zero-order valence-electron chi connectivity index (χ0n) is 18.5. The monoisotopic (exact) mass is 477 g/mol. The Morgan fingerprint density at radius 1 is 1.09 bits per heavy atom. The van der Waals surface area contributed by atoms with E-state index in [0.29, 0.717) is 37.8 Å². The molecule has 0 spiro atoms. The highest BCUT2D eigenvalue weighted by atomic mass is 32.2. The summed E-state index contributed by atoms with van der Waals surface area (Å²) in [5, 5.41) is 0. The van der Waals surface area contributed by atoms with Crippen molar-refractivity contribution in [3.63, 3.8) is 0 Å². The van der Waals surface area contributed by atoms with Gasteiger partial charge in [0.15, 0.2) is 9.84 Å². The van der Waals surface area contributed by atoms with Crippen LogP contribution in [0.4, 0.5) is 17.6 Å².